The molecule has 2 N–H and O–H groups in total. The number of hydrogen-bond acceptors (Lipinski definition) is 2. The van der Waals surface area contributed by atoms with Gasteiger partial charge < -0.3 is 5.73 Å². The molecule has 0 bridgehead atoms. The van der Waals surface area contributed by atoms with Crippen molar-refractivity contribution in [2.24, 2.45) is 5.73 Å². The quantitative estimate of drug-likeness (QED) is 0.946. The van der Waals surface area contributed by atoms with Gasteiger partial charge in [0.2, 0.25) is 0 Å². The number of nitrogens with two attached hydrogens (primary N) is 1. The molecule has 0 amide bonds. The molecule has 0 aliphatic carbocycles. The Hall–Kier alpha value is -1.13. The fraction of sp³-hybridized carbons (Fsp3) is 0.357. The number of aryl methyl sites for hydroxylation is 2. The van der Waals surface area contributed by atoms with E-state index in [4.69, 9.17) is 5.73 Å². The van der Waals surface area contributed by atoms with E-state index in [1.807, 2.05) is 30.7 Å². The van der Waals surface area contributed by atoms with Crippen molar-refractivity contribution in [1.82, 2.24) is 9.78 Å². The summed E-state index contributed by atoms with van der Waals surface area (Å²) in [7, 11) is 0. The third kappa shape index (κ3) is 2.65. The summed E-state index contributed by atoms with van der Waals surface area (Å²) in [6.07, 6.45) is 0. The van der Waals surface area contributed by atoms with Crippen molar-refractivity contribution in [2.45, 2.75) is 32.9 Å². The zero-order chi connectivity index (χ0) is 13.3. The molecule has 18 heavy (non-hydrogen) atoms. The summed E-state index contributed by atoms with van der Waals surface area (Å²) in [6.45, 7) is 6.08. The fourth-order valence-corrected chi connectivity index (χ4v) is 2.70. The molecule has 0 fully saturated rings. The van der Waals surface area contributed by atoms with E-state index in [0.717, 1.165) is 15.9 Å². The lowest BCUT2D eigenvalue weighted by Crippen LogP contribution is -2.31. The number of benzene rings is 1. The molecule has 0 aliphatic rings. The maximum absolute atomic E-state index is 6.15. The monoisotopic (exact) mass is 307 g/mol. The van der Waals surface area contributed by atoms with Gasteiger partial charge in [-0.1, -0.05) is 28.1 Å². The number of halogens is 1. The van der Waals surface area contributed by atoms with Crippen molar-refractivity contribution in [1.29, 1.82) is 0 Å². The van der Waals surface area contributed by atoms with E-state index in [-0.39, 0.29) is 12.1 Å². The van der Waals surface area contributed by atoms with Crippen molar-refractivity contribution in [3.8, 4) is 0 Å². The normalized spacial score (nSPS) is 14.5. The summed E-state index contributed by atoms with van der Waals surface area (Å²) in [4.78, 5) is 0. The van der Waals surface area contributed by atoms with Crippen LogP contribution in [0.15, 0.2) is 34.8 Å². The van der Waals surface area contributed by atoms with E-state index < -0.39 is 0 Å². The van der Waals surface area contributed by atoms with E-state index in [1.54, 1.807) is 0 Å². The standard InChI is InChI=1S/C14H18BrN3/c1-9-7-10(2)18(17-9)14(11(3)16)12-5-4-6-13(15)8-12/h4-8,11,14H,16H2,1-3H3. The van der Waals surface area contributed by atoms with Crippen molar-refractivity contribution >= 4 is 15.9 Å². The van der Waals surface area contributed by atoms with Crippen LogP contribution in [0.3, 0.4) is 0 Å². The van der Waals surface area contributed by atoms with Crippen molar-refractivity contribution in [2.75, 3.05) is 0 Å². The van der Waals surface area contributed by atoms with Gasteiger partial charge in [-0.25, -0.2) is 0 Å². The molecule has 2 aromatic rings. The van der Waals surface area contributed by atoms with Crippen LogP contribution in [0, 0.1) is 13.8 Å². The van der Waals surface area contributed by atoms with Crippen LogP contribution in [0.5, 0.6) is 0 Å². The molecular formula is C14H18BrN3. The molecule has 0 radical (unpaired) electrons. The zero-order valence-corrected chi connectivity index (χ0v) is 12.5. The second-order valence-corrected chi connectivity index (χ2v) is 5.65. The van der Waals surface area contributed by atoms with Gasteiger partial charge in [0.05, 0.1) is 11.7 Å². The van der Waals surface area contributed by atoms with Gasteiger partial charge in [0.25, 0.3) is 0 Å². The second kappa shape index (κ2) is 5.24. The van der Waals surface area contributed by atoms with Gasteiger partial charge in [0.15, 0.2) is 0 Å². The first kappa shape index (κ1) is 13.3. The summed E-state index contributed by atoms with van der Waals surface area (Å²) in [5.74, 6) is 0. The minimum absolute atomic E-state index is 0.00250. The van der Waals surface area contributed by atoms with E-state index in [0.29, 0.717) is 0 Å². The van der Waals surface area contributed by atoms with E-state index in [9.17, 15) is 0 Å². The average molecular weight is 308 g/mol. The predicted octanol–water partition coefficient (Wildman–Crippen LogP) is 3.20. The van der Waals surface area contributed by atoms with Crippen LogP contribution in [0.2, 0.25) is 0 Å². The maximum Gasteiger partial charge on any atom is 0.0920 e. The third-order valence-corrected chi connectivity index (χ3v) is 3.49. The van der Waals surface area contributed by atoms with Crippen LogP contribution in [0.1, 0.15) is 29.9 Å². The van der Waals surface area contributed by atoms with Crippen LogP contribution in [-0.2, 0) is 0 Å². The first-order valence-electron chi connectivity index (χ1n) is 6.03. The predicted molar refractivity (Wildman–Crippen MR) is 77.6 cm³/mol. The molecule has 1 heterocycles. The minimum Gasteiger partial charge on any atom is -0.326 e. The number of nitrogens with zero attached hydrogens (tertiary/aromatic N) is 2. The second-order valence-electron chi connectivity index (χ2n) is 4.73. The highest BCUT2D eigenvalue weighted by atomic mass is 79.9. The van der Waals surface area contributed by atoms with E-state index in [1.165, 1.54) is 5.56 Å². The lowest BCUT2D eigenvalue weighted by molar-refractivity contribution is 0.443. The van der Waals surface area contributed by atoms with Gasteiger partial charge in [0, 0.05) is 16.2 Å². The molecule has 2 atom stereocenters. The molecule has 0 aliphatic heterocycles. The summed E-state index contributed by atoms with van der Waals surface area (Å²) in [5.41, 5.74) is 9.48. The molecule has 96 valence electrons. The Bertz CT molecular complexity index is 546. The van der Waals surface area contributed by atoms with E-state index in [2.05, 4.69) is 46.2 Å². The number of rotatable bonds is 3. The molecule has 1 aromatic heterocycles. The Morgan fingerprint density at radius 1 is 1.28 bits per heavy atom. The molecular weight excluding hydrogens is 290 g/mol. The smallest absolute Gasteiger partial charge is 0.0920 e. The topological polar surface area (TPSA) is 43.8 Å². The number of aromatic nitrogens is 2. The van der Waals surface area contributed by atoms with Crippen LogP contribution in [-0.4, -0.2) is 15.8 Å². The highest BCUT2D eigenvalue weighted by Crippen LogP contribution is 2.25. The lowest BCUT2D eigenvalue weighted by atomic mass is 10.0. The van der Waals surface area contributed by atoms with Crippen molar-refractivity contribution < 1.29 is 0 Å². The van der Waals surface area contributed by atoms with Crippen LogP contribution in [0.4, 0.5) is 0 Å². The van der Waals surface area contributed by atoms with Crippen molar-refractivity contribution in [3.63, 3.8) is 0 Å². The summed E-state index contributed by atoms with van der Waals surface area (Å²) < 4.78 is 3.08. The highest BCUT2D eigenvalue weighted by Gasteiger charge is 2.21. The Labute approximate surface area is 116 Å². The zero-order valence-electron chi connectivity index (χ0n) is 10.9. The third-order valence-electron chi connectivity index (χ3n) is 3.00. The molecule has 0 saturated carbocycles. The SMILES string of the molecule is Cc1cc(C)n(C(c2cccc(Br)c2)C(C)N)n1. The molecule has 4 heteroatoms. The van der Waals surface area contributed by atoms with Crippen LogP contribution in [0.25, 0.3) is 0 Å². The molecule has 2 rings (SSSR count). The Morgan fingerprint density at radius 3 is 2.50 bits per heavy atom. The summed E-state index contributed by atoms with van der Waals surface area (Å²) in [5, 5.41) is 4.56. The maximum atomic E-state index is 6.15. The average Bonchev–Trinajstić information content (AvgIpc) is 2.58. The van der Waals surface area contributed by atoms with E-state index >= 15 is 0 Å². The van der Waals surface area contributed by atoms with Gasteiger partial charge in [-0.2, -0.15) is 5.10 Å². The number of hydrogen-bond donors (Lipinski definition) is 1. The Morgan fingerprint density at radius 2 is 2.00 bits per heavy atom. The fourth-order valence-electron chi connectivity index (χ4n) is 2.29. The largest absolute Gasteiger partial charge is 0.326 e. The molecule has 1 aromatic carbocycles. The lowest BCUT2D eigenvalue weighted by Gasteiger charge is -2.23. The van der Waals surface area contributed by atoms with Crippen molar-refractivity contribution in [3.05, 3.63) is 51.8 Å². The molecule has 0 saturated heterocycles. The van der Waals surface area contributed by atoms with Crippen LogP contribution >= 0.6 is 15.9 Å². The molecule has 3 nitrogen and oxygen atoms in total. The van der Waals surface area contributed by atoms with Gasteiger partial charge in [-0.3, -0.25) is 4.68 Å². The first-order chi connectivity index (χ1) is 8.49. The summed E-state index contributed by atoms with van der Waals surface area (Å²) in [6, 6.07) is 10.4. The first-order valence-corrected chi connectivity index (χ1v) is 6.82. The van der Waals surface area contributed by atoms with Gasteiger partial charge in [-0.15, -0.1) is 0 Å². The van der Waals surface area contributed by atoms with Gasteiger partial charge in [-0.05, 0) is 44.5 Å². The minimum atomic E-state index is -0.00250. The van der Waals surface area contributed by atoms with Crippen LogP contribution < -0.4 is 5.73 Å². The Kier molecular flexibility index (Phi) is 3.88. The van der Waals surface area contributed by atoms with Gasteiger partial charge >= 0.3 is 0 Å². The Balaban J connectivity index is 2.50. The summed E-state index contributed by atoms with van der Waals surface area (Å²) >= 11 is 3.51. The highest BCUT2D eigenvalue weighted by molar-refractivity contribution is 9.10. The molecule has 2 unspecified atom stereocenters. The molecule has 0 spiro atoms. The van der Waals surface area contributed by atoms with Gasteiger partial charge in [0.1, 0.15) is 0 Å².